The predicted molar refractivity (Wildman–Crippen MR) is 153 cm³/mol. The number of rotatable bonds is 10. The highest BCUT2D eigenvalue weighted by Gasteiger charge is 2.44. The van der Waals surface area contributed by atoms with E-state index in [0.29, 0.717) is 12.2 Å². The van der Waals surface area contributed by atoms with Crippen molar-refractivity contribution in [1.29, 1.82) is 0 Å². The van der Waals surface area contributed by atoms with Crippen molar-refractivity contribution in [3.63, 3.8) is 0 Å². The van der Waals surface area contributed by atoms with E-state index in [2.05, 4.69) is 17.1 Å². The molecule has 3 aromatic carbocycles. The van der Waals surface area contributed by atoms with E-state index < -0.39 is 21.7 Å². The number of hydrogen-bond donors (Lipinski definition) is 1. The monoisotopic (exact) mass is 567 g/mol. The summed E-state index contributed by atoms with van der Waals surface area (Å²) in [5.41, 5.74) is 1.38. The first-order valence-corrected chi connectivity index (χ1v) is 15.4. The molecule has 6 nitrogen and oxygen atoms in total. The Hall–Kier alpha value is -3.30. The second-order valence-electron chi connectivity index (χ2n) is 11.0. The fourth-order valence-corrected chi connectivity index (χ4v) is 8.09. The molecular weight excluding hydrogens is 532 g/mol. The average molecular weight is 568 g/mol. The van der Waals surface area contributed by atoms with Crippen LogP contribution in [0.2, 0.25) is 0 Å². The van der Waals surface area contributed by atoms with Crippen molar-refractivity contribution in [2.45, 2.75) is 62.9 Å². The van der Waals surface area contributed by atoms with Crippen LogP contribution in [0.25, 0.3) is 0 Å². The molecule has 0 saturated carbocycles. The van der Waals surface area contributed by atoms with Gasteiger partial charge in [0.05, 0.1) is 17.1 Å². The number of halogens is 2. The van der Waals surface area contributed by atoms with E-state index in [-0.39, 0.29) is 47.8 Å². The van der Waals surface area contributed by atoms with Crippen LogP contribution < -0.4 is 9.62 Å². The number of benzene rings is 3. The molecule has 2 saturated heterocycles. The van der Waals surface area contributed by atoms with Crippen molar-refractivity contribution in [3.8, 4) is 0 Å². The van der Waals surface area contributed by atoms with Crippen LogP contribution in [-0.2, 0) is 20.6 Å². The van der Waals surface area contributed by atoms with Crippen molar-refractivity contribution in [1.82, 2.24) is 4.90 Å². The molecule has 2 aliphatic rings. The van der Waals surface area contributed by atoms with Gasteiger partial charge in [-0.3, -0.25) is 14.0 Å². The molecule has 212 valence electrons. The number of fused-ring (bicyclic) bond motifs is 2. The smallest absolute Gasteiger partial charge is 0.239 e. The predicted octanol–water partition coefficient (Wildman–Crippen LogP) is 5.96. The quantitative estimate of drug-likeness (QED) is 0.328. The second-order valence-corrected chi connectivity index (χ2v) is 12.9. The van der Waals surface area contributed by atoms with E-state index in [0.717, 1.165) is 43.4 Å². The fraction of sp³-hybridized carbons (Fsp3) is 0.387. The van der Waals surface area contributed by atoms with E-state index in [9.17, 15) is 22.0 Å². The van der Waals surface area contributed by atoms with Crippen molar-refractivity contribution < 1.29 is 22.0 Å². The minimum absolute atomic E-state index is 0.0156. The number of hydrogen-bond acceptors (Lipinski definition) is 4. The summed E-state index contributed by atoms with van der Waals surface area (Å²) in [5.74, 6) is -1.68. The Morgan fingerprint density at radius 3 is 2.23 bits per heavy atom. The van der Waals surface area contributed by atoms with Crippen molar-refractivity contribution in [2.75, 3.05) is 16.2 Å². The van der Waals surface area contributed by atoms with Gasteiger partial charge in [-0.1, -0.05) is 48.5 Å². The van der Waals surface area contributed by atoms with Crippen LogP contribution in [0.5, 0.6) is 0 Å². The average Bonchev–Trinajstić information content (AvgIpc) is 3.20. The van der Waals surface area contributed by atoms with E-state index in [1.165, 1.54) is 6.07 Å². The molecule has 40 heavy (non-hydrogen) atoms. The van der Waals surface area contributed by atoms with Gasteiger partial charge in [-0.2, -0.15) is 0 Å². The highest BCUT2D eigenvalue weighted by atomic mass is 32.2. The van der Waals surface area contributed by atoms with E-state index in [1.807, 2.05) is 60.7 Å². The molecular formula is C31H35F2N3O3S. The third-order valence-electron chi connectivity index (χ3n) is 8.08. The number of sulfonamides is 1. The van der Waals surface area contributed by atoms with Gasteiger partial charge in [0.1, 0.15) is 11.6 Å². The van der Waals surface area contributed by atoms with E-state index in [1.54, 1.807) is 4.31 Å². The molecule has 2 heterocycles. The maximum absolute atomic E-state index is 14.0. The van der Waals surface area contributed by atoms with Gasteiger partial charge >= 0.3 is 0 Å². The zero-order valence-corrected chi connectivity index (χ0v) is 23.4. The summed E-state index contributed by atoms with van der Waals surface area (Å²) >= 11 is 0. The number of amides is 1. The standard InChI is InChI=1S/C31H35F2N3O3S/c1-22(20-35(26-10-6-3-7-11-26)40(38,39)21-23-8-4-2-5-9-23)36-27-13-14-28(36)17-24(16-27)18-31(37)34-30-15-12-25(32)19-29(30)33/h2-12,15,19,22,24,27-28H,13-14,16-18,20-21H2,1H3,(H,34,37)/t22-,24?,27+,28?/m1/s1. The van der Waals surface area contributed by atoms with Gasteiger partial charge in [-0.15, -0.1) is 0 Å². The molecule has 4 atom stereocenters. The molecule has 1 N–H and O–H groups in total. The minimum Gasteiger partial charge on any atom is -0.324 e. The summed E-state index contributed by atoms with van der Waals surface area (Å²) < 4.78 is 56.1. The van der Waals surface area contributed by atoms with Crippen LogP contribution >= 0.6 is 0 Å². The lowest BCUT2D eigenvalue weighted by atomic mass is 9.87. The number of piperidine rings is 1. The van der Waals surface area contributed by atoms with Gasteiger partial charge < -0.3 is 5.32 Å². The Morgan fingerprint density at radius 1 is 0.975 bits per heavy atom. The topological polar surface area (TPSA) is 69.7 Å². The minimum atomic E-state index is -3.64. The van der Waals surface area contributed by atoms with Crippen LogP contribution in [0.4, 0.5) is 20.2 Å². The highest BCUT2D eigenvalue weighted by molar-refractivity contribution is 7.92. The van der Waals surface area contributed by atoms with Crippen molar-refractivity contribution in [2.24, 2.45) is 5.92 Å². The number of carbonyl (C=O) groups excluding carboxylic acids is 1. The molecule has 1 amide bonds. The molecule has 2 unspecified atom stereocenters. The summed E-state index contributed by atoms with van der Waals surface area (Å²) in [7, 11) is -3.64. The summed E-state index contributed by atoms with van der Waals surface area (Å²) in [6.07, 6.45) is 3.92. The molecule has 0 spiro atoms. The maximum atomic E-state index is 14.0. The number of carbonyl (C=O) groups is 1. The van der Waals surface area contributed by atoms with Crippen molar-refractivity contribution >= 4 is 27.3 Å². The maximum Gasteiger partial charge on any atom is 0.239 e. The normalized spacial score (nSPS) is 21.6. The van der Waals surface area contributed by atoms with E-state index in [4.69, 9.17) is 0 Å². The zero-order valence-electron chi connectivity index (χ0n) is 22.5. The van der Waals surface area contributed by atoms with Gasteiger partial charge in [0.2, 0.25) is 15.9 Å². The van der Waals surface area contributed by atoms with Crippen LogP contribution in [0.15, 0.2) is 78.9 Å². The first kappa shape index (κ1) is 28.2. The summed E-state index contributed by atoms with van der Waals surface area (Å²) in [5, 5.41) is 2.58. The molecule has 2 fully saturated rings. The largest absolute Gasteiger partial charge is 0.324 e. The lowest BCUT2D eigenvalue weighted by molar-refractivity contribution is -0.117. The van der Waals surface area contributed by atoms with Crippen LogP contribution in [-0.4, -0.2) is 43.9 Å². The van der Waals surface area contributed by atoms with Gasteiger partial charge in [-0.25, -0.2) is 17.2 Å². The Labute approximate surface area is 235 Å². The molecule has 0 aliphatic carbocycles. The van der Waals surface area contributed by atoms with Crippen LogP contribution in [0, 0.1) is 17.6 Å². The molecule has 2 bridgehead atoms. The third kappa shape index (κ3) is 6.53. The fourth-order valence-electron chi connectivity index (χ4n) is 6.44. The first-order chi connectivity index (χ1) is 19.2. The Morgan fingerprint density at radius 2 is 1.60 bits per heavy atom. The first-order valence-electron chi connectivity index (χ1n) is 13.8. The van der Waals surface area contributed by atoms with Crippen LogP contribution in [0.3, 0.4) is 0 Å². The third-order valence-corrected chi connectivity index (χ3v) is 9.81. The van der Waals surface area contributed by atoms with Gasteiger partial charge in [0, 0.05) is 37.2 Å². The number of anilines is 2. The molecule has 2 aliphatic heterocycles. The van der Waals surface area contributed by atoms with Crippen LogP contribution in [0.1, 0.15) is 44.6 Å². The molecule has 0 aromatic heterocycles. The lowest BCUT2D eigenvalue weighted by Crippen LogP contribution is -2.52. The lowest BCUT2D eigenvalue weighted by Gasteiger charge is -2.43. The Balaban J connectivity index is 1.25. The number of para-hydroxylation sites is 1. The Bertz CT molecular complexity index is 1410. The molecule has 3 aromatic rings. The second kappa shape index (κ2) is 12.1. The summed E-state index contributed by atoms with van der Waals surface area (Å²) in [4.78, 5) is 15.1. The SMILES string of the molecule is C[C@H](CN(c1ccccc1)S(=O)(=O)Cc1ccccc1)N1C2CC[C@H]1CC(CC(=O)Nc1ccc(F)cc1F)C2. The number of nitrogens with one attached hydrogen (secondary N) is 1. The van der Waals surface area contributed by atoms with Gasteiger partial charge in [0.15, 0.2) is 0 Å². The highest BCUT2D eigenvalue weighted by Crippen LogP contribution is 2.41. The molecule has 9 heteroatoms. The van der Waals surface area contributed by atoms with E-state index >= 15 is 0 Å². The Kier molecular flexibility index (Phi) is 8.51. The van der Waals surface area contributed by atoms with Gasteiger partial charge in [0.25, 0.3) is 0 Å². The van der Waals surface area contributed by atoms with Crippen molar-refractivity contribution in [3.05, 3.63) is 96.1 Å². The zero-order chi connectivity index (χ0) is 28.3. The molecule has 0 radical (unpaired) electrons. The number of nitrogens with zero attached hydrogens (tertiary/aromatic N) is 2. The van der Waals surface area contributed by atoms with Gasteiger partial charge in [-0.05, 0) is 68.4 Å². The summed E-state index contributed by atoms with van der Waals surface area (Å²) in [6.45, 7) is 2.42. The molecule has 5 rings (SSSR count). The summed E-state index contributed by atoms with van der Waals surface area (Å²) in [6, 6.07) is 22.1.